The Balaban J connectivity index is 2.27. The Kier molecular flexibility index (Phi) is 5.51. The van der Waals surface area contributed by atoms with Gasteiger partial charge in [0.1, 0.15) is 0 Å². The van der Waals surface area contributed by atoms with E-state index in [2.05, 4.69) is 5.32 Å². The third-order valence-electron chi connectivity index (χ3n) is 4.03. The highest BCUT2D eigenvalue weighted by atomic mass is 19.4. The number of nitrogens with one attached hydrogen (secondary N) is 1. The summed E-state index contributed by atoms with van der Waals surface area (Å²) >= 11 is 0. The molecule has 0 unspecified atom stereocenters. The molecule has 1 heterocycles. The molecule has 1 aliphatic heterocycles. The maximum absolute atomic E-state index is 12.9. The van der Waals surface area contributed by atoms with Gasteiger partial charge in [-0.3, -0.25) is 9.59 Å². The van der Waals surface area contributed by atoms with E-state index in [-0.39, 0.29) is 24.3 Å². The molecule has 0 aromatic heterocycles. The van der Waals surface area contributed by atoms with E-state index in [0.29, 0.717) is 18.5 Å². The number of alkyl halides is 3. The molecular weight excluding hydrogens is 321 g/mol. The molecule has 1 fully saturated rings. The number of carbonyl (C=O) groups is 2. The van der Waals surface area contributed by atoms with Gasteiger partial charge in [0.25, 0.3) is 0 Å². The molecule has 1 saturated heterocycles. The second-order valence-corrected chi connectivity index (χ2v) is 6.28. The molecule has 0 bridgehead atoms. The van der Waals surface area contributed by atoms with Crippen LogP contribution in [0.1, 0.15) is 43.9 Å². The minimum absolute atomic E-state index is 0.0363. The van der Waals surface area contributed by atoms with Crippen molar-refractivity contribution in [3.8, 4) is 0 Å². The summed E-state index contributed by atoms with van der Waals surface area (Å²) in [7, 11) is 0. The fraction of sp³-hybridized carbons (Fsp3) is 0.529. The first-order valence-electron chi connectivity index (χ1n) is 7.94. The highest BCUT2D eigenvalue weighted by Crippen LogP contribution is 2.31. The average molecular weight is 342 g/mol. The molecule has 1 aromatic carbocycles. The van der Waals surface area contributed by atoms with E-state index in [1.165, 1.54) is 6.07 Å². The van der Waals surface area contributed by atoms with Gasteiger partial charge < -0.3 is 10.2 Å². The van der Waals surface area contributed by atoms with Gasteiger partial charge in [-0.05, 0) is 24.1 Å². The molecule has 1 aromatic rings. The van der Waals surface area contributed by atoms with Crippen LogP contribution in [0, 0.1) is 5.92 Å². The molecule has 4 nitrogen and oxygen atoms in total. The molecule has 1 N–H and O–H groups in total. The van der Waals surface area contributed by atoms with Gasteiger partial charge in [0.05, 0.1) is 11.6 Å². The van der Waals surface area contributed by atoms with E-state index in [0.717, 1.165) is 18.6 Å². The average Bonchev–Trinajstić information content (AvgIpc) is 2.91. The Morgan fingerprint density at radius 2 is 2.04 bits per heavy atom. The van der Waals surface area contributed by atoms with Gasteiger partial charge in [-0.25, -0.2) is 0 Å². The molecule has 2 rings (SSSR count). The van der Waals surface area contributed by atoms with Crippen LogP contribution in [-0.4, -0.2) is 29.8 Å². The minimum Gasteiger partial charge on any atom is -0.347 e. The molecule has 7 heteroatoms. The molecule has 0 spiro atoms. The van der Waals surface area contributed by atoms with Crippen LogP contribution >= 0.6 is 0 Å². The van der Waals surface area contributed by atoms with Gasteiger partial charge in [-0.2, -0.15) is 13.2 Å². The van der Waals surface area contributed by atoms with Crippen LogP contribution in [0.5, 0.6) is 0 Å². The lowest BCUT2D eigenvalue weighted by molar-refractivity contribution is -0.137. The van der Waals surface area contributed by atoms with Crippen LogP contribution in [0.25, 0.3) is 0 Å². The summed E-state index contributed by atoms with van der Waals surface area (Å²) in [6.45, 7) is 4.16. The predicted molar refractivity (Wildman–Crippen MR) is 83.0 cm³/mol. The highest BCUT2D eigenvalue weighted by molar-refractivity contribution is 5.79. The van der Waals surface area contributed by atoms with Crippen LogP contribution in [0.4, 0.5) is 13.2 Å². The van der Waals surface area contributed by atoms with Gasteiger partial charge in [-0.15, -0.1) is 0 Å². The Morgan fingerprint density at radius 3 is 2.58 bits per heavy atom. The fourth-order valence-electron chi connectivity index (χ4n) is 2.62. The molecule has 1 atom stereocenters. The molecule has 132 valence electrons. The fourth-order valence-corrected chi connectivity index (χ4v) is 2.62. The summed E-state index contributed by atoms with van der Waals surface area (Å²) in [5, 5.41) is 2.76. The second-order valence-electron chi connectivity index (χ2n) is 6.28. The zero-order chi connectivity index (χ0) is 17.9. The Morgan fingerprint density at radius 1 is 1.33 bits per heavy atom. The van der Waals surface area contributed by atoms with Crippen molar-refractivity contribution in [2.75, 3.05) is 13.1 Å². The molecule has 0 radical (unpaired) electrons. The van der Waals surface area contributed by atoms with E-state index in [4.69, 9.17) is 0 Å². The zero-order valence-corrected chi connectivity index (χ0v) is 13.7. The van der Waals surface area contributed by atoms with Crippen molar-refractivity contribution in [1.82, 2.24) is 10.2 Å². The van der Waals surface area contributed by atoms with Gasteiger partial charge in [0.15, 0.2) is 0 Å². The van der Waals surface area contributed by atoms with Gasteiger partial charge in [0.2, 0.25) is 11.8 Å². The topological polar surface area (TPSA) is 49.4 Å². The Labute approximate surface area is 139 Å². The van der Waals surface area contributed by atoms with Crippen molar-refractivity contribution in [2.24, 2.45) is 5.92 Å². The van der Waals surface area contributed by atoms with E-state index < -0.39 is 17.8 Å². The van der Waals surface area contributed by atoms with E-state index in [1.807, 2.05) is 0 Å². The van der Waals surface area contributed by atoms with Gasteiger partial charge >= 0.3 is 6.18 Å². The van der Waals surface area contributed by atoms with E-state index >= 15 is 0 Å². The maximum Gasteiger partial charge on any atom is 0.416 e. The molecule has 2 amide bonds. The van der Waals surface area contributed by atoms with Crippen LogP contribution in [0.15, 0.2) is 24.3 Å². The van der Waals surface area contributed by atoms with Crippen molar-refractivity contribution in [3.63, 3.8) is 0 Å². The lowest BCUT2D eigenvalue weighted by atomic mass is 10.0. The van der Waals surface area contributed by atoms with Gasteiger partial charge in [-0.1, -0.05) is 26.0 Å². The van der Waals surface area contributed by atoms with Crippen molar-refractivity contribution >= 4 is 11.8 Å². The summed E-state index contributed by atoms with van der Waals surface area (Å²) in [5.41, 5.74) is -0.421. The number of hydrogen-bond donors (Lipinski definition) is 1. The van der Waals surface area contributed by atoms with Crippen molar-refractivity contribution in [2.45, 2.75) is 38.9 Å². The number of likely N-dealkylation sites (tertiary alicyclic amines) is 1. The largest absolute Gasteiger partial charge is 0.416 e. The number of amides is 2. The smallest absolute Gasteiger partial charge is 0.347 e. The van der Waals surface area contributed by atoms with Crippen LogP contribution in [0.3, 0.4) is 0 Å². The third kappa shape index (κ3) is 4.49. The summed E-state index contributed by atoms with van der Waals surface area (Å²) in [6, 6.07) is 4.22. The Bertz CT molecular complexity index is 614. The quantitative estimate of drug-likeness (QED) is 0.894. The predicted octanol–water partition coefficient (Wildman–Crippen LogP) is 3.14. The summed E-state index contributed by atoms with van der Waals surface area (Å²) in [5.74, 6) is -0.595. The Hall–Kier alpha value is -2.05. The molecule has 1 aliphatic rings. The highest BCUT2D eigenvalue weighted by Gasteiger charge is 2.32. The number of rotatable bonds is 5. The lowest BCUT2D eigenvalue weighted by Crippen LogP contribution is -2.40. The van der Waals surface area contributed by atoms with E-state index in [9.17, 15) is 22.8 Å². The normalized spacial score (nSPS) is 16.6. The first kappa shape index (κ1) is 18.3. The summed E-state index contributed by atoms with van der Waals surface area (Å²) < 4.78 is 38.8. The van der Waals surface area contributed by atoms with Crippen LogP contribution in [-0.2, 0) is 15.8 Å². The first-order valence-corrected chi connectivity index (χ1v) is 7.94. The van der Waals surface area contributed by atoms with Crippen molar-refractivity contribution in [3.05, 3.63) is 35.4 Å². The molecule has 0 saturated carbocycles. The number of benzene rings is 1. The van der Waals surface area contributed by atoms with Crippen LogP contribution < -0.4 is 5.32 Å². The van der Waals surface area contributed by atoms with E-state index in [1.54, 1.807) is 24.8 Å². The SMILES string of the molecule is CC(C)C(=O)N[C@@H](CN1CCCC1=O)c1cccc(C(F)(F)F)c1. The zero-order valence-electron chi connectivity index (χ0n) is 13.7. The van der Waals surface area contributed by atoms with Crippen molar-refractivity contribution in [1.29, 1.82) is 0 Å². The molecule has 0 aliphatic carbocycles. The second kappa shape index (κ2) is 7.23. The first-order chi connectivity index (χ1) is 11.2. The summed E-state index contributed by atoms with van der Waals surface area (Å²) in [6.07, 6.45) is -3.29. The minimum atomic E-state index is -4.45. The molecular formula is C17H21F3N2O2. The third-order valence-corrected chi connectivity index (χ3v) is 4.03. The number of carbonyl (C=O) groups excluding carboxylic acids is 2. The monoisotopic (exact) mass is 342 g/mol. The maximum atomic E-state index is 12.9. The number of nitrogens with zero attached hydrogens (tertiary/aromatic N) is 1. The van der Waals surface area contributed by atoms with Crippen molar-refractivity contribution < 1.29 is 22.8 Å². The van der Waals surface area contributed by atoms with Gasteiger partial charge in [0, 0.05) is 25.4 Å². The number of hydrogen-bond acceptors (Lipinski definition) is 2. The summed E-state index contributed by atoms with van der Waals surface area (Å²) in [4.78, 5) is 25.4. The standard InChI is InChI=1S/C17H21F3N2O2/c1-11(2)16(24)21-14(10-22-8-4-7-15(22)23)12-5-3-6-13(9-12)17(18,19)20/h3,5-6,9,11,14H,4,7-8,10H2,1-2H3,(H,21,24)/t14-/m0/s1. The lowest BCUT2D eigenvalue weighted by Gasteiger charge is -2.26. The van der Waals surface area contributed by atoms with Crippen LogP contribution in [0.2, 0.25) is 0 Å². The number of halogens is 3. The molecule has 24 heavy (non-hydrogen) atoms.